The van der Waals surface area contributed by atoms with Gasteiger partial charge in [-0.1, -0.05) is 42.1 Å². The Kier molecular flexibility index (Phi) is 3.16. The van der Waals surface area contributed by atoms with E-state index in [0.717, 1.165) is 16.9 Å². The zero-order valence-corrected chi connectivity index (χ0v) is 12.3. The number of fused-ring (bicyclic) bond motifs is 2. The van der Waals surface area contributed by atoms with Crippen LogP contribution in [0.3, 0.4) is 0 Å². The van der Waals surface area contributed by atoms with Crippen LogP contribution in [-0.4, -0.2) is 19.9 Å². The van der Waals surface area contributed by atoms with Crippen LogP contribution in [0.5, 0.6) is 5.88 Å². The molecule has 4 aromatic rings. The van der Waals surface area contributed by atoms with Crippen LogP contribution in [0.2, 0.25) is 0 Å². The van der Waals surface area contributed by atoms with E-state index >= 15 is 0 Å². The van der Waals surface area contributed by atoms with Crippen LogP contribution in [0, 0.1) is 0 Å². The van der Waals surface area contributed by atoms with Gasteiger partial charge in [0.1, 0.15) is 5.82 Å². The van der Waals surface area contributed by atoms with Gasteiger partial charge < -0.3 is 10.1 Å². The van der Waals surface area contributed by atoms with Crippen molar-refractivity contribution in [2.75, 3.05) is 0 Å². The number of benzene rings is 2. The van der Waals surface area contributed by atoms with Crippen molar-refractivity contribution in [2.24, 2.45) is 0 Å². The normalized spacial score (nSPS) is 11.3. The number of rotatable bonds is 3. The summed E-state index contributed by atoms with van der Waals surface area (Å²) >= 11 is 1.40. The van der Waals surface area contributed by atoms with Gasteiger partial charge in [-0.3, -0.25) is 0 Å². The minimum Gasteiger partial charge on any atom is -0.858 e. The molecule has 0 unspecified atom stereocenters. The van der Waals surface area contributed by atoms with Gasteiger partial charge in [-0.2, -0.15) is 0 Å². The van der Waals surface area contributed by atoms with E-state index < -0.39 is 0 Å². The van der Waals surface area contributed by atoms with Crippen LogP contribution in [0.4, 0.5) is 0 Å². The Hall–Kier alpha value is -2.60. The molecule has 0 aliphatic heterocycles. The summed E-state index contributed by atoms with van der Waals surface area (Å²) in [6.07, 6.45) is 0. The van der Waals surface area contributed by atoms with E-state index in [0.29, 0.717) is 21.8 Å². The van der Waals surface area contributed by atoms with E-state index in [1.54, 1.807) is 6.07 Å². The molecule has 0 amide bonds. The Morgan fingerprint density at radius 1 is 0.909 bits per heavy atom. The van der Waals surface area contributed by atoms with Crippen molar-refractivity contribution in [2.45, 2.75) is 10.9 Å². The average molecular weight is 307 g/mol. The summed E-state index contributed by atoms with van der Waals surface area (Å²) in [6, 6.07) is 15.1. The lowest BCUT2D eigenvalue weighted by atomic mass is 10.2. The molecule has 6 heteroatoms. The second kappa shape index (κ2) is 5.31. The number of H-pyrrole nitrogens is 1. The molecule has 0 radical (unpaired) electrons. The fourth-order valence-electron chi connectivity index (χ4n) is 2.30. The van der Waals surface area contributed by atoms with E-state index in [1.807, 2.05) is 42.5 Å². The van der Waals surface area contributed by atoms with Crippen molar-refractivity contribution in [1.82, 2.24) is 19.9 Å². The lowest BCUT2D eigenvalue weighted by Gasteiger charge is -2.10. The average Bonchev–Trinajstić information content (AvgIpc) is 2.96. The first-order chi connectivity index (χ1) is 10.8. The quantitative estimate of drug-likeness (QED) is 0.465. The summed E-state index contributed by atoms with van der Waals surface area (Å²) < 4.78 is 0. The topological polar surface area (TPSA) is 77.5 Å². The number of aromatic amines is 1. The lowest BCUT2D eigenvalue weighted by molar-refractivity contribution is -0.273. The van der Waals surface area contributed by atoms with Crippen molar-refractivity contribution in [1.29, 1.82) is 0 Å². The molecule has 0 aliphatic carbocycles. The summed E-state index contributed by atoms with van der Waals surface area (Å²) in [5.41, 5.74) is 2.61. The molecular weight excluding hydrogens is 296 g/mol. The van der Waals surface area contributed by atoms with Crippen molar-refractivity contribution >= 4 is 33.7 Å². The smallest absolute Gasteiger partial charge is 0.187 e. The van der Waals surface area contributed by atoms with Gasteiger partial charge in [0.25, 0.3) is 0 Å². The number of hydrogen-bond donors (Lipinski definition) is 1. The van der Waals surface area contributed by atoms with Gasteiger partial charge in [0.15, 0.2) is 5.16 Å². The molecule has 22 heavy (non-hydrogen) atoms. The first-order valence-electron chi connectivity index (χ1n) is 6.80. The molecule has 5 nitrogen and oxygen atoms in total. The molecule has 0 fully saturated rings. The van der Waals surface area contributed by atoms with Crippen molar-refractivity contribution in [3.63, 3.8) is 0 Å². The Bertz CT molecular complexity index is 934. The SMILES string of the molecule is [O-]c1nc(SCc2nc3ccccc3[nH]2)nc2ccccc12. The van der Waals surface area contributed by atoms with E-state index in [4.69, 9.17) is 0 Å². The Balaban J connectivity index is 1.60. The molecule has 4 rings (SSSR count). The van der Waals surface area contributed by atoms with Gasteiger partial charge in [0, 0.05) is 5.39 Å². The molecule has 0 bridgehead atoms. The number of thioether (sulfide) groups is 1. The fraction of sp³-hybridized carbons (Fsp3) is 0.0625. The summed E-state index contributed by atoms with van der Waals surface area (Å²) in [4.78, 5) is 16.2. The van der Waals surface area contributed by atoms with E-state index in [2.05, 4.69) is 19.9 Å². The Morgan fingerprint density at radius 2 is 1.68 bits per heavy atom. The number of aromatic nitrogens is 4. The third-order valence-electron chi connectivity index (χ3n) is 3.32. The second-order valence-electron chi connectivity index (χ2n) is 4.82. The Morgan fingerprint density at radius 3 is 2.55 bits per heavy atom. The fourth-order valence-corrected chi connectivity index (χ4v) is 3.01. The predicted molar refractivity (Wildman–Crippen MR) is 84.6 cm³/mol. The van der Waals surface area contributed by atoms with Crippen LogP contribution < -0.4 is 5.11 Å². The summed E-state index contributed by atoms with van der Waals surface area (Å²) in [5, 5.41) is 13.0. The predicted octanol–water partition coefficient (Wildman–Crippen LogP) is 2.87. The minimum atomic E-state index is -0.238. The number of nitrogens with one attached hydrogen (secondary N) is 1. The summed E-state index contributed by atoms with van der Waals surface area (Å²) in [5.74, 6) is 1.19. The summed E-state index contributed by atoms with van der Waals surface area (Å²) in [6.45, 7) is 0. The van der Waals surface area contributed by atoms with Crippen molar-refractivity contribution < 1.29 is 5.11 Å². The first-order valence-corrected chi connectivity index (χ1v) is 7.78. The zero-order chi connectivity index (χ0) is 14.9. The largest absolute Gasteiger partial charge is 0.858 e. The molecule has 0 aliphatic rings. The maximum atomic E-state index is 12.0. The highest BCUT2D eigenvalue weighted by molar-refractivity contribution is 7.98. The van der Waals surface area contributed by atoms with Gasteiger partial charge in [-0.05, 0) is 24.1 Å². The highest BCUT2D eigenvalue weighted by Crippen LogP contribution is 2.25. The minimum absolute atomic E-state index is 0.238. The highest BCUT2D eigenvalue weighted by atomic mass is 32.2. The Labute approximate surface area is 130 Å². The molecule has 0 saturated carbocycles. The molecule has 108 valence electrons. The molecule has 2 aromatic heterocycles. The van der Waals surface area contributed by atoms with Crippen LogP contribution in [-0.2, 0) is 5.75 Å². The number of imidazole rings is 1. The molecule has 2 aromatic carbocycles. The molecular formula is C16H11N4OS-. The third kappa shape index (κ3) is 2.37. The van der Waals surface area contributed by atoms with Crippen LogP contribution in [0.1, 0.15) is 5.82 Å². The molecule has 2 heterocycles. The molecule has 0 saturated heterocycles. The van der Waals surface area contributed by atoms with E-state index in [1.165, 1.54) is 11.8 Å². The molecule has 0 spiro atoms. The van der Waals surface area contributed by atoms with Gasteiger partial charge >= 0.3 is 0 Å². The lowest BCUT2D eigenvalue weighted by Crippen LogP contribution is -1.99. The van der Waals surface area contributed by atoms with Gasteiger partial charge in [-0.15, -0.1) is 0 Å². The van der Waals surface area contributed by atoms with Crippen molar-refractivity contribution in [3.8, 4) is 5.88 Å². The number of hydrogen-bond acceptors (Lipinski definition) is 5. The van der Waals surface area contributed by atoms with Gasteiger partial charge in [0.2, 0.25) is 0 Å². The van der Waals surface area contributed by atoms with E-state index in [-0.39, 0.29) is 5.88 Å². The second-order valence-corrected chi connectivity index (χ2v) is 5.76. The maximum absolute atomic E-state index is 12.0. The maximum Gasteiger partial charge on any atom is 0.187 e. The highest BCUT2D eigenvalue weighted by Gasteiger charge is 2.06. The van der Waals surface area contributed by atoms with Gasteiger partial charge in [-0.25, -0.2) is 15.0 Å². The zero-order valence-electron chi connectivity index (χ0n) is 11.5. The third-order valence-corrected chi connectivity index (χ3v) is 4.18. The standard InChI is InChI=1S/C16H12N4OS/c21-15-10-5-1-2-6-11(10)19-16(20-15)22-9-14-17-12-7-3-4-8-13(12)18-14/h1-8H,9H2,(H,17,18)(H,19,20,21)/p-1. The van der Waals surface area contributed by atoms with E-state index in [9.17, 15) is 5.11 Å². The van der Waals surface area contributed by atoms with Crippen molar-refractivity contribution in [3.05, 3.63) is 54.4 Å². The summed E-state index contributed by atoms with van der Waals surface area (Å²) in [7, 11) is 0. The van der Waals surface area contributed by atoms with Crippen LogP contribution in [0.15, 0.2) is 53.7 Å². The number of para-hydroxylation sites is 3. The van der Waals surface area contributed by atoms with Crippen LogP contribution >= 0.6 is 11.8 Å². The number of nitrogens with zero attached hydrogens (tertiary/aromatic N) is 3. The monoisotopic (exact) mass is 307 g/mol. The van der Waals surface area contributed by atoms with Crippen LogP contribution in [0.25, 0.3) is 21.9 Å². The molecule has 1 N–H and O–H groups in total. The molecule has 0 atom stereocenters. The van der Waals surface area contributed by atoms with Gasteiger partial charge in [0.05, 0.1) is 22.3 Å². The first kappa shape index (κ1) is 13.1.